The molecule has 0 amide bonds. The van der Waals surface area contributed by atoms with E-state index < -0.39 is 6.10 Å². The summed E-state index contributed by atoms with van der Waals surface area (Å²) in [4.78, 5) is 0. The van der Waals surface area contributed by atoms with Gasteiger partial charge in [-0.1, -0.05) is 13.8 Å². The first-order valence-electron chi connectivity index (χ1n) is 4.11. The molecule has 1 heterocycles. The maximum atomic E-state index is 11.4. The van der Waals surface area contributed by atoms with Crippen LogP contribution in [0.3, 0.4) is 0 Å². The Morgan fingerprint density at radius 2 is 2.20 bits per heavy atom. The summed E-state index contributed by atoms with van der Waals surface area (Å²) >= 11 is 0. The smallest absolute Gasteiger partial charge is 0.110 e. The molecule has 0 aromatic carbocycles. The molecule has 1 N–H and O–H groups in total. The second kappa shape index (κ2) is 3.35. The largest absolute Gasteiger partial charge is 0.311 e. The Kier molecular flexibility index (Phi) is 2.69. The summed E-state index contributed by atoms with van der Waals surface area (Å²) in [5, 5.41) is 14.6. The molecule has 0 saturated carbocycles. The Labute approximate surface area is 62.6 Å². The fraction of sp³-hybridized carbons (Fsp3) is 1.00. The molecule has 0 bridgehead atoms. The zero-order valence-corrected chi connectivity index (χ0v) is 6.76. The zero-order chi connectivity index (χ0) is 7.56. The molecule has 1 rings (SSSR count). The van der Waals surface area contributed by atoms with Crippen LogP contribution >= 0.6 is 0 Å². The van der Waals surface area contributed by atoms with E-state index in [1.807, 2.05) is 13.8 Å². The van der Waals surface area contributed by atoms with Crippen LogP contribution in [0.4, 0.5) is 0 Å². The monoisotopic (exact) mass is 142 g/mol. The molecule has 1 saturated heterocycles. The van der Waals surface area contributed by atoms with E-state index in [0.717, 1.165) is 13.0 Å². The molecule has 59 valence electrons. The highest BCUT2D eigenvalue weighted by molar-refractivity contribution is 4.82. The lowest BCUT2D eigenvalue weighted by Gasteiger charge is -2.18. The second-order valence-electron chi connectivity index (χ2n) is 3.41. The van der Waals surface area contributed by atoms with E-state index in [-0.39, 0.29) is 12.0 Å². The molecule has 0 spiro atoms. The Morgan fingerprint density at radius 1 is 1.50 bits per heavy atom. The van der Waals surface area contributed by atoms with Crippen molar-refractivity contribution in [3.8, 4) is 0 Å². The maximum absolute atomic E-state index is 11.4. The number of nitrogens with one attached hydrogen (secondary N) is 1. The molecule has 0 aliphatic carbocycles. The summed E-state index contributed by atoms with van der Waals surface area (Å²) in [7, 11) is 0. The quantitative estimate of drug-likeness (QED) is 0.617. The number of hydrogen-bond acceptors (Lipinski definition) is 1. The molecule has 1 radical (unpaired) electrons. The topological polar surface area (TPSA) is 31.9 Å². The van der Waals surface area contributed by atoms with Gasteiger partial charge in [0.1, 0.15) is 6.10 Å². The Hall–Kier alpha value is -0.0800. The van der Waals surface area contributed by atoms with Crippen molar-refractivity contribution < 1.29 is 5.11 Å². The van der Waals surface area contributed by atoms with Crippen molar-refractivity contribution in [1.29, 1.82) is 0 Å². The highest BCUT2D eigenvalue weighted by atomic mass is 16.3. The molecule has 2 atom stereocenters. The van der Waals surface area contributed by atoms with Crippen LogP contribution in [-0.2, 0) is 5.11 Å². The molecule has 2 unspecified atom stereocenters. The van der Waals surface area contributed by atoms with Gasteiger partial charge in [-0.15, -0.1) is 0 Å². The standard InChI is InChI=1S/C8H16NO/c1-6(2)8(10)7-4-3-5-9-7/h6-9H,3-5H2,1-2H3. The highest BCUT2D eigenvalue weighted by Gasteiger charge is 2.25. The van der Waals surface area contributed by atoms with Crippen LogP contribution in [0.2, 0.25) is 0 Å². The molecule has 1 fully saturated rings. The SMILES string of the molecule is CC(C)C([O])C1CCCN1. The van der Waals surface area contributed by atoms with Gasteiger partial charge in [0.25, 0.3) is 0 Å². The van der Waals surface area contributed by atoms with E-state index in [4.69, 9.17) is 0 Å². The van der Waals surface area contributed by atoms with Gasteiger partial charge in [-0.2, -0.15) is 0 Å². The van der Waals surface area contributed by atoms with E-state index in [1.165, 1.54) is 6.42 Å². The third-order valence-electron chi connectivity index (χ3n) is 2.15. The van der Waals surface area contributed by atoms with Crippen molar-refractivity contribution in [3.05, 3.63) is 0 Å². The van der Waals surface area contributed by atoms with Crippen molar-refractivity contribution >= 4 is 0 Å². The predicted octanol–water partition coefficient (Wildman–Crippen LogP) is 1.19. The summed E-state index contributed by atoms with van der Waals surface area (Å²) < 4.78 is 0. The molecule has 2 heteroatoms. The number of rotatable bonds is 2. The Morgan fingerprint density at radius 3 is 2.60 bits per heavy atom. The summed E-state index contributed by atoms with van der Waals surface area (Å²) in [5.41, 5.74) is 0. The van der Waals surface area contributed by atoms with Crippen LogP contribution in [0.25, 0.3) is 0 Å². The third-order valence-corrected chi connectivity index (χ3v) is 2.15. The lowest BCUT2D eigenvalue weighted by Crippen LogP contribution is -2.37. The van der Waals surface area contributed by atoms with Gasteiger partial charge in [0.05, 0.1) is 0 Å². The average molecular weight is 142 g/mol. The summed E-state index contributed by atoms with van der Waals surface area (Å²) in [6.45, 7) is 5.03. The van der Waals surface area contributed by atoms with Gasteiger partial charge in [0.2, 0.25) is 0 Å². The van der Waals surface area contributed by atoms with Crippen molar-refractivity contribution in [3.63, 3.8) is 0 Å². The first-order valence-corrected chi connectivity index (χ1v) is 4.11. The van der Waals surface area contributed by atoms with E-state index in [1.54, 1.807) is 0 Å². The lowest BCUT2D eigenvalue weighted by atomic mass is 9.99. The van der Waals surface area contributed by atoms with Crippen LogP contribution in [0, 0.1) is 5.92 Å². The first kappa shape index (κ1) is 8.02. The molecule has 1 aliphatic heterocycles. The Balaban J connectivity index is 2.32. The van der Waals surface area contributed by atoms with Gasteiger partial charge in [-0.25, -0.2) is 5.11 Å². The van der Waals surface area contributed by atoms with E-state index >= 15 is 0 Å². The predicted molar refractivity (Wildman–Crippen MR) is 40.3 cm³/mol. The van der Waals surface area contributed by atoms with E-state index in [9.17, 15) is 5.11 Å². The molecule has 10 heavy (non-hydrogen) atoms. The van der Waals surface area contributed by atoms with Crippen LogP contribution in [0.1, 0.15) is 26.7 Å². The highest BCUT2D eigenvalue weighted by Crippen LogP contribution is 2.15. The minimum Gasteiger partial charge on any atom is -0.311 e. The van der Waals surface area contributed by atoms with Crippen molar-refractivity contribution in [2.75, 3.05) is 6.54 Å². The van der Waals surface area contributed by atoms with Crippen LogP contribution < -0.4 is 5.32 Å². The van der Waals surface area contributed by atoms with Gasteiger partial charge in [0.15, 0.2) is 0 Å². The van der Waals surface area contributed by atoms with Crippen molar-refractivity contribution in [1.82, 2.24) is 5.32 Å². The Bertz CT molecular complexity index is 97.4. The van der Waals surface area contributed by atoms with Crippen LogP contribution in [-0.4, -0.2) is 18.7 Å². The third kappa shape index (κ3) is 1.70. The molecule has 0 aromatic rings. The fourth-order valence-electron chi connectivity index (χ4n) is 1.46. The van der Waals surface area contributed by atoms with Gasteiger partial charge >= 0.3 is 0 Å². The number of hydrogen-bond donors (Lipinski definition) is 1. The molecule has 1 aliphatic rings. The van der Waals surface area contributed by atoms with Crippen LogP contribution in [0.5, 0.6) is 0 Å². The summed E-state index contributed by atoms with van der Waals surface area (Å²) in [5.74, 6) is 0.274. The summed E-state index contributed by atoms with van der Waals surface area (Å²) in [6.07, 6.45) is 1.85. The minimum absolute atomic E-state index is 0.250. The molecular weight excluding hydrogens is 126 g/mol. The molecular formula is C8H16NO. The minimum atomic E-state index is -0.400. The van der Waals surface area contributed by atoms with Crippen molar-refractivity contribution in [2.24, 2.45) is 5.92 Å². The average Bonchev–Trinajstić information content (AvgIpc) is 2.36. The molecule has 2 nitrogen and oxygen atoms in total. The van der Waals surface area contributed by atoms with Crippen LogP contribution in [0.15, 0.2) is 0 Å². The zero-order valence-electron chi connectivity index (χ0n) is 6.76. The van der Waals surface area contributed by atoms with Gasteiger partial charge < -0.3 is 5.32 Å². The van der Waals surface area contributed by atoms with E-state index in [2.05, 4.69) is 5.32 Å². The lowest BCUT2D eigenvalue weighted by molar-refractivity contribution is 0.0228. The fourth-order valence-corrected chi connectivity index (χ4v) is 1.46. The van der Waals surface area contributed by atoms with Gasteiger partial charge in [-0.3, -0.25) is 0 Å². The van der Waals surface area contributed by atoms with Gasteiger partial charge in [-0.05, 0) is 25.3 Å². The van der Waals surface area contributed by atoms with E-state index in [0.29, 0.717) is 0 Å². The normalized spacial score (nSPS) is 29.4. The maximum Gasteiger partial charge on any atom is 0.110 e. The summed E-state index contributed by atoms with van der Waals surface area (Å²) in [6, 6.07) is 0.250. The van der Waals surface area contributed by atoms with Crippen molar-refractivity contribution in [2.45, 2.75) is 38.8 Å². The molecule has 0 aromatic heterocycles. The van der Waals surface area contributed by atoms with Gasteiger partial charge in [0, 0.05) is 6.04 Å². The second-order valence-corrected chi connectivity index (χ2v) is 3.41. The first-order chi connectivity index (χ1) is 4.72.